The highest BCUT2D eigenvalue weighted by atomic mass is 16.5. The van der Waals surface area contributed by atoms with E-state index in [0.717, 1.165) is 5.56 Å². The van der Waals surface area contributed by atoms with Crippen LogP contribution in [0.5, 0.6) is 6.01 Å². The van der Waals surface area contributed by atoms with Crippen LogP contribution >= 0.6 is 0 Å². The van der Waals surface area contributed by atoms with Gasteiger partial charge in [0.2, 0.25) is 5.95 Å². The topological polar surface area (TPSA) is 89.1 Å². The molecule has 0 saturated carbocycles. The van der Waals surface area contributed by atoms with E-state index < -0.39 is 6.10 Å². The third-order valence-electron chi connectivity index (χ3n) is 2.47. The van der Waals surface area contributed by atoms with Gasteiger partial charge in [0.05, 0.1) is 7.11 Å². The van der Waals surface area contributed by atoms with Crippen molar-refractivity contribution < 1.29 is 14.3 Å². The molecule has 1 atom stereocenters. The Labute approximate surface area is 110 Å². The monoisotopic (exact) mass is 262 g/mol. The summed E-state index contributed by atoms with van der Waals surface area (Å²) >= 11 is 0. The fraction of sp³-hybridized carbons (Fsp3) is 0.250. The van der Waals surface area contributed by atoms with Crippen LogP contribution in [0.1, 0.15) is 11.7 Å². The van der Waals surface area contributed by atoms with Gasteiger partial charge in [-0.3, -0.25) is 10.1 Å². The molecule has 7 heteroatoms. The van der Waals surface area contributed by atoms with Crippen LogP contribution in [0.3, 0.4) is 0 Å². The molecule has 1 aromatic carbocycles. The largest absolute Gasteiger partial charge is 0.466 e. The number of methoxy groups -OCH3 is 2. The second kappa shape index (κ2) is 5.96. The summed E-state index contributed by atoms with van der Waals surface area (Å²) < 4.78 is 10.0. The van der Waals surface area contributed by atoms with E-state index in [9.17, 15) is 4.79 Å². The lowest BCUT2D eigenvalue weighted by atomic mass is 10.1. The first kappa shape index (κ1) is 13.0. The van der Waals surface area contributed by atoms with E-state index in [0.29, 0.717) is 0 Å². The smallest absolute Gasteiger partial charge is 0.336 e. The Bertz CT molecular complexity index is 541. The van der Waals surface area contributed by atoms with Crippen LogP contribution in [0.2, 0.25) is 0 Å². The Morgan fingerprint density at radius 2 is 2.05 bits per heavy atom. The zero-order chi connectivity index (χ0) is 13.7. The number of aromatic amines is 1. The fourth-order valence-electron chi connectivity index (χ4n) is 1.60. The summed E-state index contributed by atoms with van der Waals surface area (Å²) in [6, 6.07) is 9.33. The number of rotatable bonds is 5. The van der Waals surface area contributed by atoms with Crippen LogP contribution in [0, 0.1) is 0 Å². The van der Waals surface area contributed by atoms with Gasteiger partial charge in [0.15, 0.2) is 6.10 Å². The minimum atomic E-state index is -0.711. The number of hydrogen-bond donors (Lipinski definition) is 2. The van der Waals surface area contributed by atoms with Crippen molar-refractivity contribution in [3.63, 3.8) is 0 Å². The maximum absolute atomic E-state index is 12.1. The third kappa shape index (κ3) is 3.08. The third-order valence-corrected chi connectivity index (χ3v) is 2.47. The number of benzene rings is 1. The van der Waals surface area contributed by atoms with Crippen molar-refractivity contribution in [3.05, 3.63) is 35.9 Å². The molecule has 2 rings (SSSR count). The van der Waals surface area contributed by atoms with E-state index in [1.54, 1.807) is 0 Å². The molecule has 0 spiro atoms. The molecule has 0 aliphatic heterocycles. The minimum absolute atomic E-state index is 0.156. The van der Waals surface area contributed by atoms with Crippen LogP contribution in [0.4, 0.5) is 5.95 Å². The van der Waals surface area contributed by atoms with E-state index in [1.165, 1.54) is 14.2 Å². The first-order valence-electron chi connectivity index (χ1n) is 5.59. The number of carbonyl (C=O) groups excluding carboxylic acids is 1. The molecule has 0 saturated heterocycles. The number of nitrogens with one attached hydrogen (secondary N) is 2. The Hall–Kier alpha value is -2.41. The van der Waals surface area contributed by atoms with Crippen molar-refractivity contribution in [1.29, 1.82) is 0 Å². The van der Waals surface area contributed by atoms with E-state index in [-0.39, 0.29) is 17.9 Å². The summed E-state index contributed by atoms with van der Waals surface area (Å²) in [5.41, 5.74) is 0.758. The number of carbonyl (C=O) groups is 1. The van der Waals surface area contributed by atoms with E-state index in [2.05, 4.69) is 20.5 Å². The van der Waals surface area contributed by atoms with Crippen LogP contribution in [0.15, 0.2) is 30.3 Å². The molecule has 7 nitrogen and oxygen atoms in total. The highest BCUT2D eigenvalue weighted by Crippen LogP contribution is 2.18. The number of hydrogen-bond acceptors (Lipinski definition) is 5. The Kier molecular flexibility index (Phi) is 4.09. The van der Waals surface area contributed by atoms with Gasteiger partial charge in [-0.1, -0.05) is 30.3 Å². The molecule has 0 aliphatic rings. The zero-order valence-corrected chi connectivity index (χ0v) is 10.6. The standard InChI is InChI=1S/C12H14N4O3/c1-18-9(8-6-4-3-5-7-8)10(17)13-11-14-12(19-2)16-15-11/h3-7,9H,1-2H3,(H2,13,14,15,16,17). The highest BCUT2D eigenvalue weighted by Gasteiger charge is 2.21. The Morgan fingerprint density at radius 3 is 2.63 bits per heavy atom. The number of ether oxygens (including phenoxy) is 2. The van der Waals surface area contributed by atoms with Gasteiger partial charge in [0, 0.05) is 7.11 Å². The molecule has 100 valence electrons. The molecule has 19 heavy (non-hydrogen) atoms. The van der Waals surface area contributed by atoms with E-state index in [4.69, 9.17) is 9.47 Å². The number of anilines is 1. The van der Waals surface area contributed by atoms with Gasteiger partial charge in [-0.25, -0.2) is 5.10 Å². The molecule has 0 radical (unpaired) electrons. The maximum atomic E-state index is 12.1. The van der Waals surface area contributed by atoms with Crippen molar-refractivity contribution in [2.24, 2.45) is 0 Å². The molecule has 1 amide bonds. The van der Waals surface area contributed by atoms with Crippen LogP contribution in [-0.2, 0) is 9.53 Å². The summed E-state index contributed by atoms with van der Waals surface area (Å²) in [7, 11) is 2.91. The molecular formula is C12H14N4O3. The highest BCUT2D eigenvalue weighted by molar-refractivity contribution is 5.93. The van der Waals surface area contributed by atoms with Crippen LogP contribution in [-0.4, -0.2) is 35.3 Å². The SMILES string of the molecule is COc1n[nH]c(NC(=O)C(OC)c2ccccc2)n1. The van der Waals surface area contributed by atoms with Crippen molar-refractivity contribution in [2.75, 3.05) is 19.5 Å². The lowest BCUT2D eigenvalue weighted by molar-refractivity contribution is -0.126. The molecule has 2 aromatic rings. The first-order valence-corrected chi connectivity index (χ1v) is 5.59. The summed E-state index contributed by atoms with van der Waals surface area (Å²) in [5.74, 6) is -0.132. The molecular weight excluding hydrogens is 248 g/mol. The van der Waals surface area contributed by atoms with Crippen LogP contribution in [0.25, 0.3) is 0 Å². The van der Waals surface area contributed by atoms with Crippen molar-refractivity contribution >= 4 is 11.9 Å². The number of H-pyrrole nitrogens is 1. The normalized spacial score (nSPS) is 11.9. The van der Waals surface area contributed by atoms with Crippen molar-refractivity contribution in [1.82, 2.24) is 15.2 Å². The fourth-order valence-corrected chi connectivity index (χ4v) is 1.60. The Morgan fingerprint density at radius 1 is 1.32 bits per heavy atom. The summed E-state index contributed by atoms with van der Waals surface area (Å²) in [6.45, 7) is 0. The van der Waals surface area contributed by atoms with E-state index >= 15 is 0 Å². The summed E-state index contributed by atoms with van der Waals surface area (Å²) in [5, 5.41) is 8.85. The van der Waals surface area contributed by atoms with E-state index in [1.807, 2.05) is 30.3 Å². The second-order valence-corrected chi connectivity index (χ2v) is 3.69. The van der Waals surface area contributed by atoms with Crippen molar-refractivity contribution in [2.45, 2.75) is 6.10 Å². The Balaban J connectivity index is 2.09. The quantitative estimate of drug-likeness (QED) is 0.843. The van der Waals surface area contributed by atoms with Gasteiger partial charge in [-0.15, -0.1) is 5.10 Å². The predicted molar refractivity (Wildman–Crippen MR) is 67.8 cm³/mol. The molecule has 0 bridgehead atoms. The summed E-state index contributed by atoms with van der Waals surface area (Å²) in [4.78, 5) is 16.0. The van der Waals surface area contributed by atoms with Gasteiger partial charge in [-0.2, -0.15) is 4.98 Å². The molecule has 0 aliphatic carbocycles. The average Bonchev–Trinajstić information content (AvgIpc) is 2.88. The lowest BCUT2D eigenvalue weighted by Gasteiger charge is -2.14. The predicted octanol–water partition coefficient (Wildman–Crippen LogP) is 1.14. The molecule has 2 N–H and O–H groups in total. The number of amides is 1. The number of nitrogens with zero attached hydrogens (tertiary/aromatic N) is 2. The molecule has 1 aromatic heterocycles. The molecule has 0 fully saturated rings. The van der Waals surface area contributed by atoms with Gasteiger partial charge in [0.1, 0.15) is 0 Å². The first-order chi connectivity index (χ1) is 9.24. The second-order valence-electron chi connectivity index (χ2n) is 3.69. The van der Waals surface area contributed by atoms with Gasteiger partial charge >= 0.3 is 6.01 Å². The van der Waals surface area contributed by atoms with Gasteiger partial charge in [-0.05, 0) is 5.56 Å². The van der Waals surface area contributed by atoms with Crippen molar-refractivity contribution in [3.8, 4) is 6.01 Å². The minimum Gasteiger partial charge on any atom is -0.466 e. The van der Waals surface area contributed by atoms with Crippen LogP contribution < -0.4 is 10.1 Å². The van der Waals surface area contributed by atoms with Gasteiger partial charge in [0.25, 0.3) is 5.91 Å². The maximum Gasteiger partial charge on any atom is 0.336 e. The van der Waals surface area contributed by atoms with Gasteiger partial charge < -0.3 is 9.47 Å². The lowest BCUT2D eigenvalue weighted by Crippen LogP contribution is -2.23. The zero-order valence-electron chi connectivity index (χ0n) is 10.6. The molecule has 1 unspecified atom stereocenters. The average molecular weight is 262 g/mol. The summed E-state index contributed by atoms with van der Waals surface area (Å²) in [6.07, 6.45) is -0.711. The molecule has 1 heterocycles. The number of aromatic nitrogens is 3.